The molecule has 0 fully saturated rings. The van der Waals surface area contributed by atoms with Crippen LogP contribution in [0.1, 0.15) is 38.9 Å². The van der Waals surface area contributed by atoms with Gasteiger partial charge in [-0.05, 0) is 38.5 Å². The smallest absolute Gasteiger partial charge is 0.431 e. The number of amides is 1. The average molecular weight is 285 g/mol. The number of carbonyl (C=O) groups excluding carboxylic acids is 1. The van der Waals surface area contributed by atoms with E-state index in [0.717, 1.165) is 0 Å². The van der Waals surface area contributed by atoms with E-state index >= 15 is 0 Å². The Balaban J connectivity index is 2.26. The lowest BCUT2D eigenvalue weighted by Gasteiger charge is -2.19. The van der Waals surface area contributed by atoms with E-state index in [4.69, 9.17) is 9.57 Å². The van der Waals surface area contributed by atoms with Crippen LogP contribution in [0.4, 0.5) is 9.18 Å². The van der Waals surface area contributed by atoms with E-state index in [1.165, 1.54) is 18.2 Å². The van der Waals surface area contributed by atoms with Crippen molar-refractivity contribution in [2.45, 2.75) is 38.9 Å². The minimum absolute atomic E-state index is 0.0803. The number of rotatable bonds is 5. The maximum absolute atomic E-state index is 13.0. The summed E-state index contributed by atoms with van der Waals surface area (Å²) < 4.78 is 17.9. The molecular weight excluding hydrogens is 265 g/mol. The Morgan fingerprint density at radius 1 is 1.45 bits per heavy atom. The number of hydrogen-bond donors (Lipinski definition) is 2. The first-order valence-electron chi connectivity index (χ1n) is 6.32. The lowest BCUT2D eigenvalue weighted by Crippen LogP contribution is -2.32. The summed E-state index contributed by atoms with van der Waals surface area (Å²) in [4.78, 5) is 16.1. The summed E-state index contributed by atoms with van der Waals surface area (Å²) >= 11 is 0. The van der Waals surface area contributed by atoms with Gasteiger partial charge in [-0.25, -0.2) is 9.18 Å². The maximum atomic E-state index is 13.0. The van der Waals surface area contributed by atoms with E-state index in [-0.39, 0.29) is 13.0 Å². The lowest BCUT2D eigenvalue weighted by molar-refractivity contribution is -0.0162. The molecule has 0 heterocycles. The van der Waals surface area contributed by atoms with Crippen LogP contribution in [-0.2, 0) is 9.57 Å². The Labute approximate surface area is 117 Å². The van der Waals surface area contributed by atoms with Crippen LogP contribution in [0, 0.1) is 5.82 Å². The van der Waals surface area contributed by atoms with Gasteiger partial charge in [0.15, 0.2) is 0 Å². The molecule has 0 bridgehead atoms. The molecule has 112 valence electrons. The van der Waals surface area contributed by atoms with Crippen LogP contribution >= 0.6 is 0 Å². The van der Waals surface area contributed by atoms with Gasteiger partial charge in [0, 0.05) is 6.42 Å². The largest absolute Gasteiger partial charge is 0.442 e. The van der Waals surface area contributed by atoms with E-state index in [2.05, 4.69) is 5.48 Å². The molecule has 0 aliphatic carbocycles. The van der Waals surface area contributed by atoms with Gasteiger partial charge in [-0.1, -0.05) is 12.1 Å². The second-order valence-corrected chi connectivity index (χ2v) is 5.31. The molecule has 1 aromatic carbocycles. The standard InChI is InChI=1S/C14H20FNO4/c1-14(2,3)20-13(18)16-19-8-7-12(17)10-5-4-6-11(15)9-10/h4-6,9,12,17H,7-8H2,1-3H3,(H,16,18). The van der Waals surface area contributed by atoms with Crippen molar-refractivity contribution >= 4 is 6.09 Å². The van der Waals surface area contributed by atoms with Gasteiger partial charge in [0.05, 0.1) is 12.7 Å². The molecule has 0 radical (unpaired) electrons. The second-order valence-electron chi connectivity index (χ2n) is 5.31. The first-order valence-corrected chi connectivity index (χ1v) is 6.32. The molecule has 1 amide bonds. The highest BCUT2D eigenvalue weighted by Gasteiger charge is 2.16. The monoisotopic (exact) mass is 285 g/mol. The van der Waals surface area contributed by atoms with Crippen LogP contribution in [0.15, 0.2) is 24.3 Å². The Bertz CT molecular complexity index is 445. The molecule has 5 nitrogen and oxygen atoms in total. The van der Waals surface area contributed by atoms with Gasteiger partial charge < -0.3 is 9.84 Å². The molecule has 6 heteroatoms. The zero-order valence-corrected chi connectivity index (χ0v) is 11.9. The van der Waals surface area contributed by atoms with Crippen LogP contribution in [0.3, 0.4) is 0 Å². The Morgan fingerprint density at radius 3 is 2.75 bits per heavy atom. The Hall–Kier alpha value is -1.66. The normalized spacial score (nSPS) is 12.8. The first kappa shape index (κ1) is 16.4. The van der Waals surface area contributed by atoms with Crippen molar-refractivity contribution in [3.63, 3.8) is 0 Å². The van der Waals surface area contributed by atoms with Crippen molar-refractivity contribution in [3.05, 3.63) is 35.6 Å². The van der Waals surface area contributed by atoms with Crippen LogP contribution < -0.4 is 5.48 Å². The highest BCUT2D eigenvalue weighted by atomic mass is 19.1. The number of aliphatic hydroxyl groups excluding tert-OH is 1. The predicted octanol–water partition coefficient (Wildman–Crippen LogP) is 2.71. The third-order valence-corrected chi connectivity index (χ3v) is 2.28. The van der Waals surface area contributed by atoms with Gasteiger partial charge >= 0.3 is 6.09 Å². The number of hydroxylamine groups is 1. The third-order valence-electron chi connectivity index (χ3n) is 2.28. The maximum Gasteiger partial charge on any atom is 0.431 e. The van der Waals surface area contributed by atoms with Crippen molar-refractivity contribution in [2.24, 2.45) is 0 Å². The van der Waals surface area contributed by atoms with Crippen LogP contribution in [0.5, 0.6) is 0 Å². The third kappa shape index (κ3) is 6.49. The van der Waals surface area contributed by atoms with Crippen molar-refractivity contribution in [3.8, 4) is 0 Å². The molecule has 0 spiro atoms. The fourth-order valence-electron chi connectivity index (χ4n) is 1.46. The summed E-state index contributed by atoms with van der Waals surface area (Å²) in [5.41, 5.74) is 1.97. The van der Waals surface area contributed by atoms with E-state index in [9.17, 15) is 14.3 Å². The zero-order chi connectivity index (χ0) is 15.2. The number of halogens is 1. The topological polar surface area (TPSA) is 67.8 Å². The van der Waals surface area contributed by atoms with Crippen molar-refractivity contribution in [1.29, 1.82) is 0 Å². The van der Waals surface area contributed by atoms with Gasteiger partial charge in [-0.3, -0.25) is 4.84 Å². The molecule has 1 aromatic rings. The van der Waals surface area contributed by atoms with Gasteiger partial charge in [0.2, 0.25) is 0 Å². The van der Waals surface area contributed by atoms with Crippen LogP contribution in [0.25, 0.3) is 0 Å². The van der Waals surface area contributed by atoms with Gasteiger partial charge in [-0.2, -0.15) is 5.48 Å². The number of hydrogen-bond acceptors (Lipinski definition) is 4. The highest BCUT2D eigenvalue weighted by Crippen LogP contribution is 2.17. The van der Waals surface area contributed by atoms with Crippen LogP contribution in [-0.4, -0.2) is 23.4 Å². The fourth-order valence-corrected chi connectivity index (χ4v) is 1.46. The number of nitrogens with one attached hydrogen (secondary N) is 1. The molecule has 0 aliphatic rings. The van der Waals surface area contributed by atoms with E-state index in [1.54, 1.807) is 26.8 Å². The molecule has 20 heavy (non-hydrogen) atoms. The molecule has 0 saturated heterocycles. The lowest BCUT2D eigenvalue weighted by atomic mass is 10.1. The molecule has 1 atom stereocenters. The van der Waals surface area contributed by atoms with E-state index in [1.807, 2.05) is 0 Å². The Kier molecular flexibility index (Phi) is 5.91. The van der Waals surface area contributed by atoms with Crippen molar-refractivity contribution < 1.29 is 23.9 Å². The van der Waals surface area contributed by atoms with Crippen LogP contribution in [0.2, 0.25) is 0 Å². The SMILES string of the molecule is CC(C)(C)OC(=O)NOCCC(O)c1cccc(F)c1. The molecule has 1 unspecified atom stereocenters. The Morgan fingerprint density at radius 2 is 2.15 bits per heavy atom. The number of carbonyl (C=O) groups is 1. The van der Waals surface area contributed by atoms with Crippen molar-refractivity contribution in [2.75, 3.05) is 6.61 Å². The van der Waals surface area contributed by atoms with Gasteiger partial charge in [0.1, 0.15) is 11.4 Å². The van der Waals surface area contributed by atoms with Gasteiger partial charge in [0.25, 0.3) is 0 Å². The van der Waals surface area contributed by atoms with E-state index < -0.39 is 23.6 Å². The van der Waals surface area contributed by atoms with Crippen molar-refractivity contribution in [1.82, 2.24) is 5.48 Å². The fraction of sp³-hybridized carbons (Fsp3) is 0.500. The van der Waals surface area contributed by atoms with E-state index in [0.29, 0.717) is 5.56 Å². The molecule has 2 N–H and O–H groups in total. The predicted molar refractivity (Wildman–Crippen MR) is 71.3 cm³/mol. The number of benzene rings is 1. The average Bonchev–Trinajstić information content (AvgIpc) is 2.32. The molecule has 0 aromatic heterocycles. The summed E-state index contributed by atoms with van der Waals surface area (Å²) in [6.07, 6.45) is -1.33. The number of aliphatic hydroxyl groups is 1. The molecule has 0 aliphatic heterocycles. The highest BCUT2D eigenvalue weighted by molar-refractivity contribution is 5.66. The summed E-state index contributed by atoms with van der Waals surface area (Å²) in [5.74, 6) is -0.408. The molecular formula is C14H20FNO4. The molecule has 1 rings (SSSR count). The first-order chi connectivity index (χ1) is 9.28. The number of ether oxygens (including phenoxy) is 1. The summed E-state index contributed by atoms with van der Waals surface area (Å²) in [6, 6.07) is 5.70. The summed E-state index contributed by atoms with van der Waals surface area (Å²) in [7, 11) is 0. The minimum Gasteiger partial charge on any atom is -0.442 e. The quantitative estimate of drug-likeness (QED) is 0.644. The summed E-state index contributed by atoms with van der Waals surface area (Å²) in [6.45, 7) is 5.29. The minimum atomic E-state index is -0.855. The summed E-state index contributed by atoms with van der Waals surface area (Å²) in [5, 5.41) is 9.81. The molecule has 0 saturated carbocycles. The zero-order valence-electron chi connectivity index (χ0n) is 11.9. The van der Waals surface area contributed by atoms with Gasteiger partial charge in [-0.15, -0.1) is 0 Å². The second kappa shape index (κ2) is 7.21.